The summed E-state index contributed by atoms with van der Waals surface area (Å²) in [6, 6.07) is 0. The van der Waals surface area contributed by atoms with Gasteiger partial charge in [-0.2, -0.15) is 0 Å². The van der Waals surface area contributed by atoms with E-state index in [4.69, 9.17) is 4.74 Å². The minimum atomic E-state index is 0.424. The molecule has 0 aliphatic carbocycles. The molecule has 0 aromatic carbocycles. The Morgan fingerprint density at radius 1 is 1.07 bits per heavy atom. The van der Waals surface area contributed by atoms with Crippen LogP contribution in [0.4, 0.5) is 0 Å². The highest BCUT2D eigenvalue weighted by Crippen LogP contribution is 2.02. The zero-order chi connectivity index (χ0) is 11.5. The third-order valence-electron chi connectivity index (χ3n) is 2.51. The highest BCUT2D eigenvalue weighted by atomic mass is 16.5. The van der Waals surface area contributed by atoms with Gasteiger partial charge < -0.3 is 10.1 Å². The molecule has 0 rings (SSSR count). The molecule has 0 amide bonds. The maximum Gasteiger partial charge on any atom is 0.0594 e. The fraction of sp³-hybridized carbons (Fsp3) is 1.00. The molecule has 92 valence electrons. The molecule has 0 saturated carbocycles. The summed E-state index contributed by atoms with van der Waals surface area (Å²) >= 11 is 0. The first-order valence-electron chi connectivity index (χ1n) is 6.49. The Kier molecular flexibility index (Phi) is 10.4. The molecule has 1 N–H and O–H groups in total. The molecule has 0 radical (unpaired) electrons. The van der Waals surface area contributed by atoms with Crippen molar-refractivity contribution in [2.75, 3.05) is 19.7 Å². The summed E-state index contributed by atoms with van der Waals surface area (Å²) in [5.74, 6) is 0.827. The van der Waals surface area contributed by atoms with Crippen LogP contribution in [0.25, 0.3) is 0 Å². The molecule has 1 unspecified atom stereocenters. The predicted octanol–water partition coefficient (Wildman–Crippen LogP) is 3.22. The van der Waals surface area contributed by atoms with E-state index in [1.54, 1.807) is 0 Å². The van der Waals surface area contributed by atoms with Gasteiger partial charge in [0.15, 0.2) is 0 Å². The molecule has 0 aliphatic rings. The van der Waals surface area contributed by atoms with Gasteiger partial charge in [0.25, 0.3) is 0 Å². The van der Waals surface area contributed by atoms with Gasteiger partial charge in [0.2, 0.25) is 0 Å². The van der Waals surface area contributed by atoms with Crippen molar-refractivity contribution in [3.05, 3.63) is 0 Å². The largest absolute Gasteiger partial charge is 0.377 e. The van der Waals surface area contributed by atoms with Crippen LogP contribution in [-0.4, -0.2) is 25.8 Å². The van der Waals surface area contributed by atoms with Crippen molar-refractivity contribution in [2.24, 2.45) is 5.92 Å². The van der Waals surface area contributed by atoms with Gasteiger partial charge in [-0.1, -0.05) is 27.2 Å². The highest BCUT2D eigenvalue weighted by Gasteiger charge is 1.99. The Hall–Kier alpha value is -0.0800. The summed E-state index contributed by atoms with van der Waals surface area (Å²) in [6.07, 6.45) is 5.41. The summed E-state index contributed by atoms with van der Waals surface area (Å²) in [4.78, 5) is 0. The molecule has 0 aliphatic heterocycles. The Morgan fingerprint density at radius 3 is 2.40 bits per heavy atom. The molecule has 2 heteroatoms. The van der Waals surface area contributed by atoms with Crippen molar-refractivity contribution in [3.8, 4) is 0 Å². The van der Waals surface area contributed by atoms with Crippen molar-refractivity contribution in [1.29, 1.82) is 0 Å². The second-order valence-corrected chi connectivity index (χ2v) is 4.76. The minimum Gasteiger partial charge on any atom is -0.377 e. The van der Waals surface area contributed by atoms with Crippen LogP contribution in [0, 0.1) is 5.92 Å². The normalized spacial score (nSPS) is 13.4. The lowest BCUT2D eigenvalue weighted by Gasteiger charge is -2.12. The second-order valence-electron chi connectivity index (χ2n) is 4.76. The summed E-state index contributed by atoms with van der Waals surface area (Å²) in [7, 11) is 0. The van der Waals surface area contributed by atoms with Crippen LogP contribution in [0.2, 0.25) is 0 Å². The molecular weight excluding hydrogens is 186 g/mol. The Labute approximate surface area is 95.8 Å². The lowest BCUT2D eigenvalue weighted by atomic mass is 10.1. The summed E-state index contributed by atoms with van der Waals surface area (Å²) in [6.45, 7) is 11.9. The zero-order valence-electron chi connectivity index (χ0n) is 11.0. The third kappa shape index (κ3) is 11.8. The Morgan fingerprint density at radius 2 is 1.80 bits per heavy atom. The molecule has 0 heterocycles. The van der Waals surface area contributed by atoms with Gasteiger partial charge in [0.05, 0.1) is 12.7 Å². The SMILES string of the molecule is CCCC(C)OCCNCCCC(C)C. The minimum absolute atomic E-state index is 0.424. The molecule has 1 atom stereocenters. The summed E-state index contributed by atoms with van der Waals surface area (Å²) < 4.78 is 5.65. The van der Waals surface area contributed by atoms with Crippen molar-refractivity contribution in [3.63, 3.8) is 0 Å². The molecule has 0 saturated heterocycles. The van der Waals surface area contributed by atoms with Crippen molar-refractivity contribution >= 4 is 0 Å². The number of nitrogens with one attached hydrogen (secondary N) is 1. The van der Waals surface area contributed by atoms with Gasteiger partial charge in [-0.25, -0.2) is 0 Å². The third-order valence-corrected chi connectivity index (χ3v) is 2.51. The lowest BCUT2D eigenvalue weighted by molar-refractivity contribution is 0.0618. The standard InChI is InChI=1S/C13H29NO/c1-5-7-13(4)15-11-10-14-9-6-8-12(2)3/h12-14H,5-11H2,1-4H3. The second kappa shape index (κ2) is 10.4. The van der Waals surface area contributed by atoms with E-state index >= 15 is 0 Å². The van der Waals surface area contributed by atoms with E-state index in [0.29, 0.717) is 6.10 Å². The molecule has 0 spiro atoms. The first-order valence-corrected chi connectivity index (χ1v) is 6.49. The van der Waals surface area contributed by atoms with Crippen LogP contribution in [-0.2, 0) is 4.74 Å². The van der Waals surface area contributed by atoms with Crippen molar-refractivity contribution < 1.29 is 4.74 Å². The van der Waals surface area contributed by atoms with Crippen LogP contribution in [0.15, 0.2) is 0 Å². The van der Waals surface area contributed by atoms with E-state index in [1.165, 1.54) is 25.7 Å². The average molecular weight is 215 g/mol. The van der Waals surface area contributed by atoms with E-state index < -0.39 is 0 Å². The van der Waals surface area contributed by atoms with Gasteiger partial charge in [0, 0.05) is 6.54 Å². The van der Waals surface area contributed by atoms with E-state index in [1.807, 2.05) is 0 Å². The van der Waals surface area contributed by atoms with Gasteiger partial charge >= 0.3 is 0 Å². The van der Waals surface area contributed by atoms with Gasteiger partial charge in [0.1, 0.15) is 0 Å². The van der Waals surface area contributed by atoms with E-state index in [0.717, 1.165) is 25.6 Å². The first kappa shape index (κ1) is 14.9. The smallest absolute Gasteiger partial charge is 0.0594 e. The molecule has 0 aromatic rings. The molecule has 0 fully saturated rings. The average Bonchev–Trinajstić information content (AvgIpc) is 2.16. The maximum atomic E-state index is 5.65. The molecule has 2 nitrogen and oxygen atoms in total. The summed E-state index contributed by atoms with van der Waals surface area (Å²) in [5, 5.41) is 3.41. The molecular formula is C13H29NO. The first-order chi connectivity index (χ1) is 7.16. The topological polar surface area (TPSA) is 21.3 Å². The summed E-state index contributed by atoms with van der Waals surface area (Å²) in [5.41, 5.74) is 0. The number of hydrogen-bond donors (Lipinski definition) is 1. The van der Waals surface area contributed by atoms with Gasteiger partial charge in [-0.3, -0.25) is 0 Å². The van der Waals surface area contributed by atoms with E-state index in [9.17, 15) is 0 Å². The van der Waals surface area contributed by atoms with Crippen molar-refractivity contribution in [2.45, 2.75) is 59.5 Å². The zero-order valence-corrected chi connectivity index (χ0v) is 11.0. The van der Waals surface area contributed by atoms with E-state index in [2.05, 4.69) is 33.0 Å². The van der Waals surface area contributed by atoms with Crippen molar-refractivity contribution in [1.82, 2.24) is 5.32 Å². The fourth-order valence-corrected chi connectivity index (χ4v) is 1.58. The van der Waals surface area contributed by atoms with Crippen LogP contribution in [0.1, 0.15) is 53.4 Å². The molecule has 0 bridgehead atoms. The van der Waals surface area contributed by atoms with Crippen LogP contribution in [0.5, 0.6) is 0 Å². The Balaban J connectivity index is 3.04. The predicted molar refractivity (Wildman–Crippen MR) is 67.3 cm³/mol. The number of rotatable bonds is 10. The number of hydrogen-bond acceptors (Lipinski definition) is 2. The molecule has 15 heavy (non-hydrogen) atoms. The van der Waals surface area contributed by atoms with Gasteiger partial charge in [-0.15, -0.1) is 0 Å². The number of ether oxygens (including phenoxy) is 1. The lowest BCUT2D eigenvalue weighted by Crippen LogP contribution is -2.23. The van der Waals surface area contributed by atoms with Crippen LogP contribution in [0.3, 0.4) is 0 Å². The maximum absolute atomic E-state index is 5.65. The van der Waals surface area contributed by atoms with Crippen LogP contribution < -0.4 is 5.32 Å². The van der Waals surface area contributed by atoms with Crippen LogP contribution >= 0.6 is 0 Å². The van der Waals surface area contributed by atoms with E-state index in [-0.39, 0.29) is 0 Å². The fourth-order valence-electron chi connectivity index (χ4n) is 1.58. The highest BCUT2D eigenvalue weighted by molar-refractivity contribution is 4.52. The quantitative estimate of drug-likeness (QED) is 0.565. The van der Waals surface area contributed by atoms with Gasteiger partial charge in [-0.05, 0) is 38.6 Å². The Bertz CT molecular complexity index is 126. The molecule has 0 aromatic heterocycles. The monoisotopic (exact) mass is 215 g/mol.